The number of nitrogens with zero attached hydrogens (tertiary/aromatic N) is 1. The van der Waals surface area contributed by atoms with E-state index in [1.54, 1.807) is 7.11 Å². The van der Waals surface area contributed by atoms with Gasteiger partial charge in [0.2, 0.25) is 5.89 Å². The highest BCUT2D eigenvalue weighted by molar-refractivity contribution is 5.72. The summed E-state index contributed by atoms with van der Waals surface area (Å²) in [6, 6.07) is 8.00. The highest BCUT2D eigenvalue weighted by Gasteiger charge is 2.28. The third-order valence-electron chi connectivity index (χ3n) is 3.03. The molecule has 2 unspecified atom stereocenters. The summed E-state index contributed by atoms with van der Waals surface area (Å²) in [6.07, 6.45) is 1.18. The van der Waals surface area contributed by atoms with Crippen LogP contribution in [0.2, 0.25) is 0 Å². The highest BCUT2D eigenvalue weighted by atomic mass is 16.5. The average Bonchev–Trinajstić information content (AvgIpc) is 2.95. The number of hydrogen-bond acceptors (Lipinski definition) is 4. The molecule has 2 atom stereocenters. The van der Waals surface area contributed by atoms with Crippen molar-refractivity contribution in [3.05, 3.63) is 30.2 Å². The van der Waals surface area contributed by atoms with Crippen LogP contribution in [-0.2, 0) is 4.74 Å². The minimum Gasteiger partial charge on any atom is -0.439 e. The second kappa shape index (κ2) is 3.88. The first-order valence-electron chi connectivity index (χ1n) is 5.48. The van der Waals surface area contributed by atoms with Crippen LogP contribution < -0.4 is 5.32 Å². The van der Waals surface area contributed by atoms with Crippen molar-refractivity contribution < 1.29 is 9.15 Å². The molecule has 2 heterocycles. The Balaban J connectivity index is 1.89. The van der Waals surface area contributed by atoms with Crippen molar-refractivity contribution in [1.82, 2.24) is 10.3 Å². The summed E-state index contributed by atoms with van der Waals surface area (Å²) in [7, 11) is 1.74. The van der Waals surface area contributed by atoms with Crippen LogP contribution in [0.5, 0.6) is 0 Å². The van der Waals surface area contributed by atoms with E-state index in [0.29, 0.717) is 0 Å². The molecule has 16 heavy (non-hydrogen) atoms. The maximum Gasteiger partial charge on any atom is 0.212 e. The molecule has 4 heteroatoms. The molecule has 0 amide bonds. The largest absolute Gasteiger partial charge is 0.439 e. The lowest BCUT2D eigenvalue weighted by molar-refractivity contribution is 0.116. The third-order valence-corrected chi connectivity index (χ3v) is 3.03. The van der Waals surface area contributed by atoms with Crippen molar-refractivity contribution in [1.29, 1.82) is 0 Å². The van der Waals surface area contributed by atoms with Gasteiger partial charge in [0.15, 0.2) is 5.58 Å². The number of aromatic nitrogens is 1. The summed E-state index contributed by atoms with van der Waals surface area (Å²) in [5, 5.41) is 3.35. The molecule has 84 valence electrons. The smallest absolute Gasteiger partial charge is 0.212 e. The number of fused-ring (bicyclic) bond motifs is 1. The molecule has 1 aromatic heterocycles. The zero-order valence-corrected chi connectivity index (χ0v) is 9.14. The van der Waals surface area contributed by atoms with Crippen LogP contribution in [0.3, 0.4) is 0 Å². The van der Waals surface area contributed by atoms with E-state index in [1.165, 1.54) is 0 Å². The number of oxazole rings is 1. The Morgan fingerprint density at radius 2 is 2.31 bits per heavy atom. The van der Waals surface area contributed by atoms with Crippen LogP contribution >= 0.6 is 0 Å². The first kappa shape index (κ1) is 9.81. The predicted molar refractivity (Wildman–Crippen MR) is 60.2 cm³/mol. The van der Waals surface area contributed by atoms with E-state index in [2.05, 4.69) is 10.3 Å². The SMILES string of the molecule is COC1CNC(c2nc3ccccc3o2)C1. The van der Waals surface area contributed by atoms with E-state index in [0.717, 1.165) is 30.0 Å². The zero-order valence-electron chi connectivity index (χ0n) is 9.14. The van der Waals surface area contributed by atoms with Crippen LogP contribution in [0, 0.1) is 0 Å². The molecule has 1 aliphatic rings. The second-order valence-electron chi connectivity index (χ2n) is 4.07. The highest BCUT2D eigenvalue weighted by Crippen LogP contribution is 2.26. The molecule has 0 aliphatic carbocycles. The van der Waals surface area contributed by atoms with Gasteiger partial charge in [-0.3, -0.25) is 0 Å². The van der Waals surface area contributed by atoms with Crippen molar-refractivity contribution in [2.75, 3.05) is 13.7 Å². The van der Waals surface area contributed by atoms with Gasteiger partial charge in [-0.25, -0.2) is 4.98 Å². The second-order valence-corrected chi connectivity index (χ2v) is 4.07. The normalized spacial score (nSPS) is 25.3. The summed E-state index contributed by atoms with van der Waals surface area (Å²) < 4.78 is 11.0. The molecule has 0 spiro atoms. The van der Waals surface area contributed by atoms with Crippen LogP contribution in [0.15, 0.2) is 28.7 Å². The van der Waals surface area contributed by atoms with E-state index in [1.807, 2.05) is 24.3 Å². The lowest BCUT2D eigenvalue weighted by Gasteiger charge is -2.04. The van der Waals surface area contributed by atoms with E-state index >= 15 is 0 Å². The molecule has 4 nitrogen and oxygen atoms in total. The Morgan fingerprint density at radius 3 is 3.06 bits per heavy atom. The molecule has 1 fully saturated rings. The van der Waals surface area contributed by atoms with Gasteiger partial charge in [0, 0.05) is 13.7 Å². The molecule has 1 aliphatic heterocycles. The van der Waals surface area contributed by atoms with Gasteiger partial charge in [0.05, 0.1) is 12.1 Å². The Bertz CT molecular complexity index is 461. The summed E-state index contributed by atoms with van der Waals surface area (Å²) in [5.74, 6) is 0.765. The van der Waals surface area contributed by atoms with Gasteiger partial charge >= 0.3 is 0 Å². The number of rotatable bonds is 2. The number of methoxy groups -OCH3 is 1. The number of ether oxygens (including phenoxy) is 1. The molecule has 1 N–H and O–H groups in total. The fraction of sp³-hybridized carbons (Fsp3) is 0.417. The van der Waals surface area contributed by atoms with E-state index in [9.17, 15) is 0 Å². The molecule has 1 aromatic carbocycles. The van der Waals surface area contributed by atoms with Crippen molar-refractivity contribution >= 4 is 11.1 Å². The monoisotopic (exact) mass is 218 g/mol. The molecule has 1 saturated heterocycles. The van der Waals surface area contributed by atoms with Gasteiger partial charge in [0.25, 0.3) is 0 Å². The number of hydrogen-bond donors (Lipinski definition) is 1. The van der Waals surface area contributed by atoms with Crippen molar-refractivity contribution in [2.24, 2.45) is 0 Å². The topological polar surface area (TPSA) is 47.3 Å². The molecule has 2 aromatic rings. The predicted octanol–water partition coefficient (Wildman–Crippen LogP) is 1.88. The summed E-state index contributed by atoms with van der Waals surface area (Å²) >= 11 is 0. The van der Waals surface area contributed by atoms with Gasteiger partial charge in [-0.05, 0) is 18.6 Å². The minimum absolute atomic E-state index is 0.178. The van der Waals surface area contributed by atoms with E-state index < -0.39 is 0 Å². The first-order chi connectivity index (χ1) is 7.86. The van der Waals surface area contributed by atoms with Crippen molar-refractivity contribution in [3.63, 3.8) is 0 Å². The van der Waals surface area contributed by atoms with Crippen molar-refractivity contribution in [3.8, 4) is 0 Å². The lowest BCUT2D eigenvalue weighted by atomic mass is 10.2. The summed E-state index contributed by atoms with van der Waals surface area (Å²) in [4.78, 5) is 4.48. The number of nitrogens with one attached hydrogen (secondary N) is 1. The van der Waals surface area contributed by atoms with Gasteiger partial charge in [0.1, 0.15) is 5.52 Å². The van der Waals surface area contributed by atoms with Crippen LogP contribution in [0.1, 0.15) is 18.4 Å². The van der Waals surface area contributed by atoms with Gasteiger partial charge in [-0.15, -0.1) is 0 Å². The minimum atomic E-state index is 0.178. The van der Waals surface area contributed by atoms with E-state index in [4.69, 9.17) is 9.15 Å². The molecular formula is C12H14N2O2. The molecular weight excluding hydrogens is 204 g/mol. The molecule has 0 saturated carbocycles. The van der Waals surface area contributed by atoms with Crippen molar-refractivity contribution in [2.45, 2.75) is 18.6 Å². The summed E-state index contributed by atoms with van der Waals surface area (Å²) in [6.45, 7) is 0.861. The average molecular weight is 218 g/mol. The number of benzene rings is 1. The Labute approximate surface area is 93.6 Å². The summed E-state index contributed by atoms with van der Waals surface area (Å²) in [5.41, 5.74) is 1.76. The Morgan fingerprint density at radius 1 is 1.44 bits per heavy atom. The fourth-order valence-electron chi connectivity index (χ4n) is 2.11. The van der Waals surface area contributed by atoms with Crippen LogP contribution in [0.4, 0.5) is 0 Å². The van der Waals surface area contributed by atoms with Crippen LogP contribution in [-0.4, -0.2) is 24.7 Å². The molecule has 3 rings (SSSR count). The van der Waals surface area contributed by atoms with Gasteiger partial charge < -0.3 is 14.5 Å². The third kappa shape index (κ3) is 1.60. The molecule has 0 bridgehead atoms. The quantitative estimate of drug-likeness (QED) is 0.836. The first-order valence-corrected chi connectivity index (χ1v) is 5.48. The van der Waals surface area contributed by atoms with Crippen LogP contribution in [0.25, 0.3) is 11.1 Å². The van der Waals surface area contributed by atoms with Gasteiger partial charge in [-0.1, -0.05) is 12.1 Å². The Kier molecular flexibility index (Phi) is 2.38. The standard InChI is InChI=1S/C12H14N2O2/c1-15-8-6-10(13-7-8)12-14-9-4-2-3-5-11(9)16-12/h2-5,8,10,13H,6-7H2,1H3. The molecule has 0 radical (unpaired) electrons. The maximum absolute atomic E-state index is 5.72. The maximum atomic E-state index is 5.72. The lowest BCUT2D eigenvalue weighted by Crippen LogP contribution is -2.16. The Hall–Kier alpha value is -1.39. The van der Waals surface area contributed by atoms with E-state index in [-0.39, 0.29) is 12.1 Å². The van der Waals surface area contributed by atoms with Gasteiger partial charge in [-0.2, -0.15) is 0 Å². The number of para-hydroxylation sites is 2. The fourth-order valence-corrected chi connectivity index (χ4v) is 2.11. The zero-order chi connectivity index (χ0) is 11.0.